The zero-order chi connectivity index (χ0) is 31.3. The summed E-state index contributed by atoms with van der Waals surface area (Å²) in [6.45, 7) is 1.52. The third kappa shape index (κ3) is 4.46. The fraction of sp³-hybridized carbons (Fsp3) is 0.0435. The van der Waals surface area contributed by atoms with Gasteiger partial charge in [0.1, 0.15) is 40.8 Å². The molecule has 3 aromatic heterocycles. The van der Waals surface area contributed by atoms with Crippen molar-refractivity contribution in [1.29, 1.82) is 15.8 Å². The van der Waals surface area contributed by atoms with Crippen LogP contribution in [0, 0.1) is 57.8 Å². The van der Waals surface area contributed by atoms with E-state index in [1.165, 1.54) is 6.92 Å². The van der Waals surface area contributed by atoms with Crippen LogP contribution < -0.4 is 27.7 Å². The molecule has 0 aromatic carbocycles. The topological polar surface area (TPSA) is 262 Å². The van der Waals surface area contributed by atoms with E-state index >= 15 is 0 Å². The number of nitriles is 3. The third-order valence-electron chi connectivity index (χ3n) is 5.59. The summed E-state index contributed by atoms with van der Waals surface area (Å²) in [5.74, 6) is -9.03. The highest BCUT2D eigenvalue weighted by Gasteiger charge is 2.26. The maximum atomic E-state index is 13.6. The Morgan fingerprint density at radius 3 is 1.05 bits per heavy atom. The molecule has 6 rings (SSSR count). The van der Waals surface area contributed by atoms with E-state index in [9.17, 15) is 33.3 Å². The molecule has 0 atom stereocenters. The molecule has 0 aliphatic carbocycles. The minimum atomic E-state index is -1.57. The van der Waals surface area contributed by atoms with Crippen molar-refractivity contribution in [1.82, 2.24) is 34.9 Å². The fourth-order valence-electron chi connectivity index (χ4n) is 3.59. The van der Waals surface area contributed by atoms with Gasteiger partial charge in [0.2, 0.25) is 22.0 Å². The lowest BCUT2D eigenvalue weighted by Crippen LogP contribution is -2.31. The Morgan fingerprint density at radius 2 is 0.795 bits per heavy atom. The van der Waals surface area contributed by atoms with E-state index in [2.05, 4.69) is 64.8 Å². The van der Waals surface area contributed by atoms with Gasteiger partial charge in [0.05, 0.1) is 5.71 Å². The van der Waals surface area contributed by atoms with Gasteiger partial charge in [-0.3, -0.25) is 0 Å². The molecule has 0 fully saturated rings. The van der Waals surface area contributed by atoms with E-state index in [1.807, 2.05) is 6.07 Å². The van der Waals surface area contributed by atoms with Crippen molar-refractivity contribution in [2.75, 3.05) is 0 Å². The summed E-state index contributed by atoms with van der Waals surface area (Å²) in [5.41, 5.74) is 2.76. The highest BCUT2D eigenvalue weighted by Crippen LogP contribution is 2.26. The maximum Gasteiger partial charge on any atom is 0.270 e. The summed E-state index contributed by atoms with van der Waals surface area (Å²) in [7, 11) is 0. The van der Waals surface area contributed by atoms with E-state index in [0.717, 1.165) is 0 Å². The summed E-state index contributed by atoms with van der Waals surface area (Å²) in [6.07, 6.45) is 0. The van der Waals surface area contributed by atoms with Crippen LogP contribution in [-0.4, -0.2) is 46.4 Å². The van der Waals surface area contributed by atoms with Gasteiger partial charge in [0, 0.05) is 0 Å². The first kappa shape index (κ1) is 27.1. The molecule has 0 saturated heterocycles. The molecule has 210 valence electrons. The summed E-state index contributed by atoms with van der Waals surface area (Å²) in [6, 6.07) is 5.31. The Hall–Kier alpha value is -7.08. The second kappa shape index (κ2) is 10.1. The predicted molar refractivity (Wildman–Crippen MR) is 131 cm³/mol. The van der Waals surface area contributed by atoms with Crippen LogP contribution in [0.4, 0.5) is 17.6 Å². The smallest absolute Gasteiger partial charge is 0.270 e. The molecule has 0 bridgehead atoms. The SMILES string of the molecule is CC1=N/C(=C(\C#N)c2nc(C(C#N)=C3N=c4nc(F)c(F)nc4=N3)nc(C(C#N)=C3N=c4nc(F)c(F)nc4=N3)n2)N=C1N. The van der Waals surface area contributed by atoms with Crippen LogP contribution >= 0.6 is 0 Å². The van der Waals surface area contributed by atoms with E-state index < -0.39 is 86.0 Å². The molecule has 0 saturated carbocycles. The summed E-state index contributed by atoms with van der Waals surface area (Å²) < 4.78 is 54.5. The van der Waals surface area contributed by atoms with Crippen LogP contribution in [0.1, 0.15) is 24.4 Å². The van der Waals surface area contributed by atoms with Gasteiger partial charge in [-0.05, 0) is 6.92 Å². The highest BCUT2D eigenvalue weighted by atomic mass is 19.2. The standard InChI is InChI=1S/C23H5F4N17/c1-5-13(31)37-14(32-5)6(2-28)15-38-16(7(3-29)18-41-20-21(42-18)34-10(25)9(24)33-20)40-17(39-15)8(4-30)19-43-22-23(44-19)36-12(27)11(26)35-22/h1H3,(H2,31,37)/b14-6-. The number of amidine groups is 1. The second-order valence-corrected chi connectivity index (χ2v) is 8.28. The minimum Gasteiger partial charge on any atom is -0.382 e. The summed E-state index contributed by atoms with van der Waals surface area (Å²) >= 11 is 0. The largest absolute Gasteiger partial charge is 0.382 e. The third-order valence-corrected chi connectivity index (χ3v) is 5.59. The van der Waals surface area contributed by atoms with Crippen molar-refractivity contribution in [2.45, 2.75) is 6.92 Å². The van der Waals surface area contributed by atoms with E-state index in [0.29, 0.717) is 0 Å². The number of hydrogen-bond donors (Lipinski definition) is 1. The minimum absolute atomic E-state index is 0.0107. The van der Waals surface area contributed by atoms with Crippen LogP contribution in [0.25, 0.3) is 16.7 Å². The average molecular weight is 595 g/mol. The number of aliphatic imine (C=N–C) groups is 2. The van der Waals surface area contributed by atoms with E-state index in [-0.39, 0.29) is 22.9 Å². The molecule has 3 aromatic rings. The first-order chi connectivity index (χ1) is 21.1. The number of hydrogen-bond acceptors (Lipinski definition) is 17. The number of aromatic nitrogens is 7. The van der Waals surface area contributed by atoms with Gasteiger partial charge in [-0.15, -0.1) is 0 Å². The number of nitrogens with zero attached hydrogens (tertiary/aromatic N) is 16. The van der Waals surface area contributed by atoms with Crippen molar-refractivity contribution in [2.24, 2.45) is 35.7 Å². The van der Waals surface area contributed by atoms with Gasteiger partial charge < -0.3 is 5.73 Å². The molecule has 0 unspecified atom stereocenters. The molecule has 3 aliphatic heterocycles. The summed E-state index contributed by atoms with van der Waals surface area (Å²) in [4.78, 5) is 49.1. The average Bonchev–Trinajstić information content (AvgIpc) is 3.67. The molecule has 0 radical (unpaired) electrons. The second-order valence-electron chi connectivity index (χ2n) is 8.28. The highest BCUT2D eigenvalue weighted by molar-refractivity contribution is 6.41. The van der Waals surface area contributed by atoms with Gasteiger partial charge >= 0.3 is 0 Å². The molecule has 0 spiro atoms. The predicted octanol–water partition coefficient (Wildman–Crippen LogP) is -1.68. The normalized spacial score (nSPS) is 15.2. The number of nitrogens with two attached hydrogens (primary N) is 1. The first-order valence-corrected chi connectivity index (χ1v) is 11.5. The quantitative estimate of drug-likeness (QED) is 0.264. The Balaban J connectivity index is 1.64. The Kier molecular flexibility index (Phi) is 6.21. The number of fused-ring (bicyclic) bond motifs is 2. The van der Waals surface area contributed by atoms with Crippen LogP contribution in [0.3, 0.4) is 0 Å². The van der Waals surface area contributed by atoms with Crippen LogP contribution in [0.5, 0.6) is 0 Å². The number of rotatable bonds is 3. The van der Waals surface area contributed by atoms with Gasteiger partial charge in [-0.25, -0.2) is 44.9 Å². The van der Waals surface area contributed by atoms with Gasteiger partial charge in [-0.2, -0.15) is 53.3 Å². The van der Waals surface area contributed by atoms with Crippen LogP contribution in [-0.2, 0) is 0 Å². The van der Waals surface area contributed by atoms with Gasteiger partial charge in [0.25, 0.3) is 23.8 Å². The first-order valence-electron chi connectivity index (χ1n) is 11.5. The lowest BCUT2D eigenvalue weighted by atomic mass is 10.2. The van der Waals surface area contributed by atoms with Gasteiger partial charge in [0.15, 0.2) is 34.9 Å². The lowest BCUT2D eigenvalue weighted by Gasteiger charge is -2.07. The van der Waals surface area contributed by atoms with E-state index in [1.54, 1.807) is 12.1 Å². The van der Waals surface area contributed by atoms with Crippen molar-refractivity contribution in [3.05, 3.63) is 80.7 Å². The molecular weight excluding hydrogens is 590 g/mol. The fourth-order valence-corrected chi connectivity index (χ4v) is 3.59. The van der Waals surface area contributed by atoms with Crippen LogP contribution in [0.2, 0.25) is 0 Å². The van der Waals surface area contributed by atoms with E-state index in [4.69, 9.17) is 5.73 Å². The summed E-state index contributed by atoms with van der Waals surface area (Å²) in [5, 5.41) is 30.0. The molecule has 0 amide bonds. The maximum absolute atomic E-state index is 13.6. The van der Waals surface area contributed by atoms with Crippen molar-refractivity contribution < 1.29 is 17.6 Å². The molecule has 21 heteroatoms. The zero-order valence-corrected chi connectivity index (χ0v) is 21.2. The molecule has 2 N–H and O–H groups in total. The van der Waals surface area contributed by atoms with Crippen molar-refractivity contribution in [3.8, 4) is 18.2 Å². The Morgan fingerprint density at radius 1 is 0.500 bits per heavy atom. The molecule has 3 aliphatic rings. The van der Waals surface area contributed by atoms with Gasteiger partial charge in [-0.1, -0.05) is 0 Å². The molecule has 6 heterocycles. The number of allylic oxidation sites excluding steroid dienone is 3. The lowest BCUT2D eigenvalue weighted by molar-refractivity contribution is 0.443. The Labute approximate surface area is 238 Å². The van der Waals surface area contributed by atoms with Crippen molar-refractivity contribution >= 4 is 28.3 Å². The Bertz CT molecular complexity index is 2200. The molecule has 17 nitrogen and oxygen atoms in total. The monoisotopic (exact) mass is 595 g/mol. The zero-order valence-electron chi connectivity index (χ0n) is 21.2. The number of halogens is 4. The van der Waals surface area contributed by atoms with Crippen LogP contribution in [0.15, 0.2) is 47.4 Å². The van der Waals surface area contributed by atoms with Crippen molar-refractivity contribution in [3.63, 3.8) is 0 Å². The molecular formula is C23H5F4N17. The molecule has 44 heavy (non-hydrogen) atoms.